The van der Waals surface area contributed by atoms with E-state index in [0.717, 1.165) is 43.4 Å². The van der Waals surface area contributed by atoms with Crippen molar-refractivity contribution in [1.29, 1.82) is 0 Å². The van der Waals surface area contributed by atoms with Crippen LogP contribution in [0.25, 0.3) is 0 Å². The van der Waals surface area contributed by atoms with Gasteiger partial charge in [-0.3, -0.25) is 4.79 Å². The largest absolute Gasteiger partial charge is 0.445 e. The zero-order valence-corrected chi connectivity index (χ0v) is 21.4. The first-order valence-corrected chi connectivity index (χ1v) is 13.4. The maximum Gasteiger partial charge on any atom is 0.410 e. The molecule has 2 atom stereocenters. The third-order valence-corrected chi connectivity index (χ3v) is 9.00. The van der Waals surface area contributed by atoms with E-state index in [2.05, 4.69) is 31.7 Å². The third kappa shape index (κ3) is 4.88. The Labute approximate surface area is 207 Å². The number of likely N-dealkylation sites (tertiary alicyclic amines) is 2. The van der Waals surface area contributed by atoms with E-state index < -0.39 is 0 Å². The lowest BCUT2D eigenvalue weighted by atomic mass is 9.65. The van der Waals surface area contributed by atoms with Gasteiger partial charge in [0.2, 0.25) is 0 Å². The smallest absolute Gasteiger partial charge is 0.410 e. The van der Waals surface area contributed by atoms with Gasteiger partial charge in [-0.1, -0.05) is 51.1 Å². The summed E-state index contributed by atoms with van der Waals surface area (Å²) in [5, 5.41) is 2.05. The molecule has 6 heteroatoms. The Bertz CT molecular complexity index is 1040. The van der Waals surface area contributed by atoms with Gasteiger partial charge < -0.3 is 14.5 Å². The summed E-state index contributed by atoms with van der Waals surface area (Å²) < 4.78 is 5.50. The fourth-order valence-corrected chi connectivity index (χ4v) is 7.75. The van der Waals surface area contributed by atoms with Crippen molar-refractivity contribution in [1.82, 2.24) is 9.80 Å². The number of hydrogen-bond acceptors (Lipinski definition) is 4. The molecule has 2 aliphatic heterocycles. The number of amides is 2. The molecule has 1 aromatic carbocycles. The molecule has 1 saturated carbocycles. The van der Waals surface area contributed by atoms with Crippen LogP contribution in [0.4, 0.5) is 4.79 Å². The lowest BCUT2D eigenvalue weighted by Crippen LogP contribution is -2.38. The molecule has 5 nitrogen and oxygen atoms in total. The van der Waals surface area contributed by atoms with Crippen LogP contribution in [0.5, 0.6) is 0 Å². The van der Waals surface area contributed by atoms with E-state index in [1.807, 2.05) is 40.6 Å². The normalized spacial score (nSPS) is 26.5. The number of ether oxygens (including phenoxy) is 1. The van der Waals surface area contributed by atoms with E-state index in [4.69, 9.17) is 4.74 Å². The number of benzene rings is 1. The zero-order valence-electron chi connectivity index (χ0n) is 20.6. The van der Waals surface area contributed by atoms with Crippen molar-refractivity contribution in [2.75, 3.05) is 19.6 Å². The second-order valence-electron chi connectivity index (χ2n) is 11.7. The van der Waals surface area contributed by atoms with Crippen LogP contribution in [0.15, 0.2) is 41.8 Å². The van der Waals surface area contributed by atoms with Gasteiger partial charge in [0.15, 0.2) is 0 Å². The van der Waals surface area contributed by atoms with Gasteiger partial charge in [0.25, 0.3) is 5.91 Å². The molecule has 0 N–H and O–H groups in total. The highest BCUT2D eigenvalue weighted by Crippen LogP contribution is 2.52. The van der Waals surface area contributed by atoms with Crippen molar-refractivity contribution in [2.45, 2.75) is 71.4 Å². The highest BCUT2D eigenvalue weighted by atomic mass is 32.1. The van der Waals surface area contributed by atoms with Gasteiger partial charge in [0.05, 0.1) is 5.56 Å². The molecule has 5 rings (SSSR count). The molecule has 3 aliphatic rings. The average Bonchev–Trinajstić information content (AvgIpc) is 3.39. The lowest BCUT2D eigenvalue weighted by Gasteiger charge is -2.39. The zero-order chi connectivity index (χ0) is 23.9. The Balaban J connectivity index is 1.15. The van der Waals surface area contributed by atoms with Crippen molar-refractivity contribution >= 4 is 23.3 Å². The van der Waals surface area contributed by atoms with Crippen LogP contribution in [0.2, 0.25) is 0 Å². The van der Waals surface area contributed by atoms with Crippen LogP contribution < -0.4 is 0 Å². The van der Waals surface area contributed by atoms with Crippen LogP contribution in [0.1, 0.15) is 79.6 Å². The minimum atomic E-state index is -0.235. The van der Waals surface area contributed by atoms with Gasteiger partial charge in [-0.2, -0.15) is 0 Å². The molecule has 182 valence electrons. The van der Waals surface area contributed by atoms with Crippen LogP contribution in [0.3, 0.4) is 0 Å². The number of carbonyl (C=O) groups is 2. The number of rotatable bonds is 4. The Morgan fingerprint density at radius 3 is 2.56 bits per heavy atom. The first-order valence-electron chi connectivity index (χ1n) is 12.6. The van der Waals surface area contributed by atoms with Crippen molar-refractivity contribution in [3.05, 3.63) is 57.8 Å². The average molecular weight is 481 g/mol. The number of fused-ring (bicyclic) bond motifs is 2. The molecule has 1 aromatic heterocycles. The highest BCUT2D eigenvalue weighted by Gasteiger charge is 2.51. The van der Waals surface area contributed by atoms with Crippen molar-refractivity contribution < 1.29 is 14.3 Å². The number of piperidine rings is 1. The van der Waals surface area contributed by atoms with Gasteiger partial charge in [-0.05, 0) is 60.5 Å². The molecule has 2 aromatic rings. The van der Waals surface area contributed by atoms with E-state index in [0.29, 0.717) is 37.1 Å². The fraction of sp³-hybridized carbons (Fsp3) is 0.571. The second kappa shape index (κ2) is 9.03. The van der Waals surface area contributed by atoms with Gasteiger partial charge >= 0.3 is 6.09 Å². The Kier molecular flexibility index (Phi) is 6.21. The highest BCUT2D eigenvalue weighted by molar-refractivity contribution is 7.10. The van der Waals surface area contributed by atoms with Gasteiger partial charge in [-0.15, -0.1) is 11.3 Å². The van der Waals surface area contributed by atoms with Crippen LogP contribution >= 0.6 is 11.3 Å². The summed E-state index contributed by atoms with van der Waals surface area (Å²) in [6, 6.07) is 12.3. The summed E-state index contributed by atoms with van der Waals surface area (Å²) in [6.07, 6.45) is 5.02. The van der Waals surface area contributed by atoms with E-state index in [1.165, 1.54) is 11.3 Å². The van der Waals surface area contributed by atoms with Gasteiger partial charge in [0.1, 0.15) is 6.61 Å². The van der Waals surface area contributed by atoms with E-state index >= 15 is 0 Å². The molecule has 3 heterocycles. The predicted molar refractivity (Wildman–Crippen MR) is 135 cm³/mol. The van der Waals surface area contributed by atoms with Crippen LogP contribution in [-0.4, -0.2) is 47.5 Å². The number of carbonyl (C=O) groups excluding carboxylic acids is 2. The van der Waals surface area contributed by atoms with Crippen LogP contribution in [0, 0.1) is 10.8 Å². The molecular weight excluding hydrogens is 444 g/mol. The predicted octanol–water partition coefficient (Wildman–Crippen LogP) is 6.31. The van der Waals surface area contributed by atoms with E-state index in [1.54, 1.807) is 11.3 Å². The molecule has 2 unspecified atom stereocenters. The topological polar surface area (TPSA) is 49.9 Å². The Hall–Kier alpha value is -2.34. The Morgan fingerprint density at radius 2 is 1.82 bits per heavy atom. The fourth-order valence-electron chi connectivity index (χ4n) is 6.70. The summed E-state index contributed by atoms with van der Waals surface area (Å²) in [5.74, 6) is 0.606. The van der Waals surface area contributed by atoms with E-state index in [-0.39, 0.29) is 17.4 Å². The maximum atomic E-state index is 13.4. The minimum Gasteiger partial charge on any atom is -0.445 e. The quantitative estimate of drug-likeness (QED) is 0.516. The molecule has 2 amide bonds. The standard InChI is InChI=1S/C28H36N2O3S/c1-27(2)14-23-15-28(3,18-27)19-30(23)25(31)22-13-24(34-17-22)21-9-11-29(12-10-21)26(32)33-16-20-7-5-4-6-8-20/h4-8,13,17,21,23H,9-12,14-16,18-19H2,1-3H3. The van der Waals surface area contributed by atoms with Crippen molar-refractivity contribution in [3.8, 4) is 0 Å². The molecule has 2 bridgehead atoms. The van der Waals surface area contributed by atoms with Crippen molar-refractivity contribution in [2.24, 2.45) is 10.8 Å². The summed E-state index contributed by atoms with van der Waals surface area (Å²) in [5.41, 5.74) is 2.41. The Morgan fingerprint density at radius 1 is 1.09 bits per heavy atom. The third-order valence-electron chi connectivity index (χ3n) is 7.90. The molecule has 1 aliphatic carbocycles. The van der Waals surface area contributed by atoms with Crippen LogP contribution in [-0.2, 0) is 11.3 Å². The minimum absolute atomic E-state index is 0.204. The molecule has 0 radical (unpaired) electrons. The number of thiophene rings is 1. The SMILES string of the molecule is CC1(C)CC2CC(C)(CN2C(=O)c2csc(C3CCN(C(=O)OCc4ccccc4)CC3)c2)C1. The van der Waals surface area contributed by atoms with Gasteiger partial charge in [0, 0.05) is 35.9 Å². The second-order valence-corrected chi connectivity index (χ2v) is 12.6. The monoisotopic (exact) mass is 480 g/mol. The number of nitrogens with zero attached hydrogens (tertiary/aromatic N) is 2. The maximum absolute atomic E-state index is 13.4. The number of hydrogen-bond donors (Lipinski definition) is 0. The summed E-state index contributed by atoms with van der Waals surface area (Å²) in [4.78, 5) is 31.1. The first-order chi connectivity index (χ1) is 16.2. The molecule has 2 saturated heterocycles. The summed E-state index contributed by atoms with van der Waals surface area (Å²) >= 11 is 1.70. The van der Waals surface area contributed by atoms with Crippen molar-refractivity contribution in [3.63, 3.8) is 0 Å². The van der Waals surface area contributed by atoms with Gasteiger partial charge in [-0.25, -0.2) is 4.79 Å². The summed E-state index contributed by atoms with van der Waals surface area (Å²) in [6.45, 7) is 9.63. The molecular formula is C28H36N2O3S. The van der Waals surface area contributed by atoms with E-state index in [9.17, 15) is 9.59 Å². The molecule has 3 fully saturated rings. The lowest BCUT2D eigenvalue weighted by molar-refractivity contribution is 0.0708. The molecule has 0 spiro atoms. The summed E-state index contributed by atoms with van der Waals surface area (Å²) in [7, 11) is 0. The molecule has 34 heavy (non-hydrogen) atoms. The first kappa shape index (κ1) is 23.4.